The van der Waals surface area contributed by atoms with E-state index < -0.39 is 0 Å². The SMILES string of the molecule is CCOC(=N)C1(c2ccccc2)CCC1. The lowest BCUT2D eigenvalue weighted by Crippen LogP contribution is -2.43. The van der Waals surface area contributed by atoms with Crippen LogP contribution in [0.15, 0.2) is 30.3 Å². The van der Waals surface area contributed by atoms with Gasteiger partial charge in [-0.25, -0.2) is 0 Å². The van der Waals surface area contributed by atoms with Gasteiger partial charge < -0.3 is 4.74 Å². The minimum Gasteiger partial charge on any atom is -0.481 e. The van der Waals surface area contributed by atoms with Crippen molar-refractivity contribution in [1.29, 1.82) is 5.41 Å². The molecule has 1 aliphatic carbocycles. The molecule has 0 bridgehead atoms. The van der Waals surface area contributed by atoms with Crippen LogP contribution in [0, 0.1) is 5.41 Å². The molecule has 0 saturated heterocycles. The molecule has 0 atom stereocenters. The van der Waals surface area contributed by atoms with E-state index in [0.717, 1.165) is 12.8 Å². The van der Waals surface area contributed by atoms with Crippen molar-refractivity contribution in [1.82, 2.24) is 0 Å². The summed E-state index contributed by atoms with van der Waals surface area (Å²) in [5.41, 5.74) is 1.12. The number of nitrogens with one attached hydrogen (secondary N) is 1. The standard InChI is InChI=1S/C13H17NO/c1-2-15-12(14)13(9-6-10-13)11-7-4-3-5-8-11/h3-5,7-8,14H,2,6,9-10H2,1H3. The number of ether oxygens (including phenoxy) is 1. The lowest BCUT2D eigenvalue weighted by Gasteiger charge is -2.41. The van der Waals surface area contributed by atoms with E-state index in [4.69, 9.17) is 10.1 Å². The van der Waals surface area contributed by atoms with Gasteiger partial charge in [0.1, 0.15) is 0 Å². The van der Waals surface area contributed by atoms with Gasteiger partial charge in [-0.1, -0.05) is 36.8 Å². The molecule has 0 amide bonds. The highest BCUT2D eigenvalue weighted by atomic mass is 16.5. The van der Waals surface area contributed by atoms with Crippen LogP contribution in [0.2, 0.25) is 0 Å². The van der Waals surface area contributed by atoms with E-state index in [1.54, 1.807) is 0 Å². The van der Waals surface area contributed by atoms with Crippen LogP contribution < -0.4 is 0 Å². The van der Waals surface area contributed by atoms with Gasteiger partial charge in [0, 0.05) is 0 Å². The van der Waals surface area contributed by atoms with E-state index in [2.05, 4.69) is 12.1 Å². The largest absolute Gasteiger partial charge is 0.481 e. The molecule has 0 spiro atoms. The molecule has 1 N–H and O–H groups in total. The van der Waals surface area contributed by atoms with Crippen LogP contribution in [0.25, 0.3) is 0 Å². The quantitative estimate of drug-likeness (QED) is 0.594. The van der Waals surface area contributed by atoms with Crippen molar-refractivity contribution in [3.63, 3.8) is 0 Å². The summed E-state index contributed by atoms with van der Waals surface area (Å²) in [5.74, 6) is 0.447. The number of rotatable bonds is 3. The number of hydrogen-bond donors (Lipinski definition) is 1. The molecule has 0 radical (unpaired) electrons. The van der Waals surface area contributed by atoms with E-state index in [9.17, 15) is 0 Å². The third kappa shape index (κ3) is 1.65. The highest BCUT2D eigenvalue weighted by molar-refractivity contribution is 5.86. The lowest BCUT2D eigenvalue weighted by molar-refractivity contribution is 0.230. The van der Waals surface area contributed by atoms with Gasteiger partial charge in [0.25, 0.3) is 0 Å². The molecule has 1 aromatic rings. The van der Waals surface area contributed by atoms with E-state index >= 15 is 0 Å². The van der Waals surface area contributed by atoms with E-state index in [1.165, 1.54) is 12.0 Å². The fraction of sp³-hybridized carbons (Fsp3) is 0.462. The van der Waals surface area contributed by atoms with Crippen LogP contribution in [0.3, 0.4) is 0 Å². The summed E-state index contributed by atoms with van der Waals surface area (Å²) in [5, 5.41) is 8.01. The summed E-state index contributed by atoms with van der Waals surface area (Å²) >= 11 is 0. The van der Waals surface area contributed by atoms with Crippen molar-refractivity contribution in [2.24, 2.45) is 0 Å². The zero-order chi connectivity index (χ0) is 10.7. The summed E-state index contributed by atoms with van der Waals surface area (Å²) in [6, 6.07) is 10.3. The van der Waals surface area contributed by atoms with Gasteiger partial charge in [0.15, 0.2) is 5.90 Å². The van der Waals surface area contributed by atoms with E-state index in [-0.39, 0.29) is 5.41 Å². The summed E-state index contributed by atoms with van der Waals surface area (Å²) < 4.78 is 5.39. The smallest absolute Gasteiger partial charge is 0.191 e. The maximum Gasteiger partial charge on any atom is 0.191 e. The summed E-state index contributed by atoms with van der Waals surface area (Å²) in [6.07, 6.45) is 3.30. The van der Waals surface area contributed by atoms with Crippen molar-refractivity contribution >= 4 is 5.90 Å². The Kier molecular flexibility index (Phi) is 2.76. The molecule has 0 aromatic heterocycles. The molecule has 2 heteroatoms. The molecule has 1 saturated carbocycles. The van der Waals surface area contributed by atoms with Gasteiger partial charge in [-0.05, 0) is 25.3 Å². The average Bonchev–Trinajstić information content (AvgIpc) is 2.18. The third-order valence-corrected chi connectivity index (χ3v) is 3.26. The minimum absolute atomic E-state index is 0.114. The molecule has 0 aliphatic heterocycles. The molecule has 1 aromatic carbocycles. The first kappa shape index (κ1) is 10.2. The molecule has 1 fully saturated rings. The monoisotopic (exact) mass is 203 g/mol. The van der Waals surface area contributed by atoms with Crippen molar-refractivity contribution in [2.75, 3.05) is 6.61 Å². The van der Waals surface area contributed by atoms with Gasteiger partial charge >= 0.3 is 0 Å². The molecule has 15 heavy (non-hydrogen) atoms. The highest BCUT2D eigenvalue weighted by Gasteiger charge is 2.44. The summed E-state index contributed by atoms with van der Waals surface area (Å²) in [7, 11) is 0. The second-order valence-electron chi connectivity index (χ2n) is 4.06. The molecular formula is C13H17NO. The molecule has 2 rings (SSSR count). The van der Waals surface area contributed by atoms with E-state index in [1.807, 2.05) is 25.1 Å². The number of benzene rings is 1. The summed E-state index contributed by atoms with van der Waals surface area (Å²) in [4.78, 5) is 0. The molecular weight excluding hydrogens is 186 g/mol. The molecule has 2 nitrogen and oxygen atoms in total. The van der Waals surface area contributed by atoms with Crippen molar-refractivity contribution < 1.29 is 4.74 Å². The van der Waals surface area contributed by atoms with Crippen molar-refractivity contribution in [3.05, 3.63) is 35.9 Å². The van der Waals surface area contributed by atoms with Gasteiger partial charge in [-0.15, -0.1) is 0 Å². The zero-order valence-corrected chi connectivity index (χ0v) is 9.12. The Morgan fingerprint density at radius 1 is 1.33 bits per heavy atom. The first-order valence-corrected chi connectivity index (χ1v) is 5.57. The molecule has 80 valence electrons. The minimum atomic E-state index is -0.114. The van der Waals surface area contributed by atoms with Crippen LogP contribution in [-0.2, 0) is 10.2 Å². The maximum absolute atomic E-state index is 8.01. The molecule has 0 unspecified atom stereocenters. The highest BCUT2D eigenvalue weighted by Crippen LogP contribution is 2.44. The lowest BCUT2D eigenvalue weighted by atomic mass is 9.64. The first-order chi connectivity index (χ1) is 7.29. The predicted octanol–water partition coefficient (Wildman–Crippen LogP) is 3.12. The predicted molar refractivity (Wildman–Crippen MR) is 61.3 cm³/mol. The third-order valence-electron chi connectivity index (χ3n) is 3.26. The first-order valence-electron chi connectivity index (χ1n) is 5.57. The van der Waals surface area contributed by atoms with Crippen LogP contribution in [-0.4, -0.2) is 12.5 Å². The van der Waals surface area contributed by atoms with Gasteiger partial charge in [0.2, 0.25) is 0 Å². The Balaban J connectivity index is 2.26. The molecule has 0 heterocycles. The average molecular weight is 203 g/mol. The van der Waals surface area contributed by atoms with Gasteiger partial charge in [-0.3, -0.25) is 5.41 Å². The maximum atomic E-state index is 8.01. The molecule has 1 aliphatic rings. The second kappa shape index (κ2) is 4.05. The Morgan fingerprint density at radius 3 is 2.47 bits per heavy atom. The topological polar surface area (TPSA) is 33.1 Å². The number of hydrogen-bond acceptors (Lipinski definition) is 2. The fourth-order valence-electron chi connectivity index (χ4n) is 2.22. The fourth-order valence-corrected chi connectivity index (χ4v) is 2.22. The van der Waals surface area contributed by atoms with Crippen molar-refractivity contribution in [2.45, 2.75) is 31.6 Å². The normalized spacial score (nSPS) is 17.9. The van der Waals surface area contributed by atoms with Gasteiger partial charge in [-0.2, -0.15) is 0 Å². The van der Waals surface area contributed by atoms with Crippen LogP contribution in [0.5, 0.6) is 0 Å². The Morgan fingerprint density at radius 2 is 2.00 bits per heavy atom. The second-order valence-corrected chi connectivity index (χ2v) is 4.06. The van der Waals surface area contributed by atoms with Crippen molar-refractivity contribution in [3.8, 4) is 0 Å². The van der Waals surface area contributed by atoms with Crippen LogP contribution in [0.1, 0.15) is 31.7 Å². The zero-order valence-electron chi connectivity index (χ0n) is 9.12. The Hall–Kier alpha value is -1.31. The van der Waals surface area contributed by atoms with Crippen LogP contribution in [0.4, 0.5) is 0 Å². The summed E-state index contributed by atoms with van der Waals surface area (Å²) in [6.45, 7) is 2.53. The Bertz CT molecular complexity index is 341. The van der Waals surface area contributed by atoms with E-state index in [0.29, 0.717) is 12.5 Å². The van der Waals surface area contributed by atoms with Gasteiger partial charge in [0.05, 0.1) is 12.0 Å². The van der Waals surface area contributed by atoms with Crippen LogP contribution >= 0.6 is 0 Å². The Labute approximate surface area is 90.8 Å².